The van der Waals surface area contributed by atoms with Crippen molar-refractivity contribution in [3.8, 4) is 0 Å². The van der Waals surface area contributed by atoms with Crippen molar-refractivity contribution >= 4 is 23.3 Å². The van der Waals surface area contributed by atoms with Crippen molar-refractivity contribution in [2.24, 2.45) is 5.92 Å². The first-order valence-corrected chi connectivity index (χ1v) is 7.87. The number of hydrogen-bond donors (Lipinski definition) is 0. The number of hydrogen-bond acceptors (Lipinski definition) is 4. The first kappa shape index (κ1) is 19.0. The number of benzene rings is 1. The Hall–Kier alpha value is -2.38. The summed E-state index contributed by atoms with van der Waals surface area (Å²) in [7, 11) is 0. The minimum absolute atomic E-state index is 0.0256. The summed E-state index contributed by atoms with van der Waals surface area (Å²) in [5.41, 5.74) is -0.972. The van der Waals surface area contributed by atoms with Crippen molar-refractivity contribution in [1.29, 1.82) is 0 Å². The summed E-state index contributed by atoms with van der Waals surface area (Å²) < 4.78 is 44.0. The van der Waals surface area contributed by atoms with E-state index >= 15 is 0 Å². The molecule has 8 heteroatoms. The van der Waals surface area contributed by atoms with Crippen LogP contribution >= 0.6 is 0 Å². The Morgan fingerprint density at radius 2 is 2.00 bits per heavy atom. The highest BCUT2D eigenvalue weighted by molar-refractivity contribution is 6.44. The van der Waals surface area contributed by atoms with Gasteiger partial charge in [0, 0.05) is 12.2 Å². The fourth-order valence-corrected chi connectivity index (χ4v) is 2.89. The highest BCUT2D eigenvalue weighted by Crippen LogP contribution is 2.36. The van der Waals surface area contributed by atoms with Crippen molar-refractivity contribution in [2.75, 3.05) is 18.1 Å². The topological polar surface area (TPSA) is 63.7 Å². The maximum atomic E-state index is 13.1. The van der Waals surface area contributed by atoms with Gasteiger partial charge in [-0.2, -0.15) is 13.2 Å². The molecule has 0 aromatic heterocycles. The van der Waals surface area contributed by atoms with Gasteiger partial charge in [-0.05, 0) is 44.4 Å². The minimum atomic E-state index is -4.56. The zero-order valence-electron chi connectivity index (χ0n) is 13.9. The van der Waals surface area contributed by atoms with E-state index in [0.29, 0.717) is 6.42 Å². The molecule has 1 aromatic carbocycles. The van der Waals surface area contributed by atoms with Crippen LogP contribution in [0.3, 0.4) is 0 Å². The van der Waals surface area contributed by atoms with E-state index in [-0.39, 0.29) is 30.8 Å². The van der Waals surface area contributed by atoms with E-state index in [9.17, 15) is 27.6 Å². The fraction of sp³-hybridized carbons (Fsp3) is 0.471. The molecular weight excluding hydrogens is 339 g/mol. The van der Waals surface area contributed by atoms with Crippen LogP contribution < -0.4 is 4.90 Å². The number of ketones is 1. The first-order valence-electron chi connectivity index (χ1n) is 7.87. The van der Waals surface area contributed by atoms with Crippen molar-refractivity contribution in [3.05, 3.63) is 29.3 Å². The molecule has 2 rings (SSSR count). The summed E-state index contributed by atoms with van der Waals surface area (Å²) in [6.45, 7) is 2.97. The molecule has 0 spiro atoms. The van der Waals surface area contributed by atoms with Crippen molar-refractivity contribution < 1.29 is 32.3 Å². The molecule has 0 N–H and O–H groups in total. The lowest BCUT2D eigenvalue weighted by molar-refractivity contribution is -0.154. The van der Waals surface area contributed by atoms with E-state index in [4.69, 9.17) is 4.74 Å². The van der Waals surface area contributed by atoms with E-state index in [2.05, 4.69) is 0 Å². The third-order valence-electron chi connectivity index (χ3n) is 4.12. The Bertz CT molecular complexity index is 700. The van der Waals surface area contributed by atoms with Crippen LogP contribution in [-0.2, 0) is 25.3 Å². The Kier molecular flexibility index (Phi) is 5.49. The molecule has 1 atom stereocenters. The first-order chi connectivity index (χ1) is 11.7. The number of rotatable bonds is 3. The SMILES string of the molecule is CCOC(=O)C1CCCN(c2cccc(C(F)(F)F)c2C)C(=O)C1=O. The Morgan fingerprint density at radius 1 is 1.32 bits per heavy atom. The summed E-state index contributed by atoms with van der Waals surface area (Å²) in [6.07, 6.45) is -4.14. The van der Waals surface area contributed by atoms with Gasteiger partial charge in [-0.3, -0.25) is 14.4 Å². The Labute approximate surface area is 142 Å². The maximum Gasteiger partial charge on any atom is 0.416 e. The van der Waals surface area contributed by atoms with Crippen LogP contribution in [0.15, 0.2) is 18.2 Å². The normalized spacial score (nSPS) is 18.9. The lowest BCUT2D eigenvalue weighted by Gasteiger charge is -2.24. The predicted molar refractivity (Wildman–Crippen MR) is 82.9 cm³/mol. The zero-order valence-corrected chi connectivity index (χ0v) is 13.9. The summed E-state index contributed by atoms with van der Waals surface area (Å²) in [5, 5.41) is 0. The predicted octanol–water partition coefficient (Wildman–Crippen LogP) is 2.89. The maximum absolute atomic E-state index is 13.1. The number of carbonyl (C=O) groups excluding carboxylic acids is 3. The summed E-state index contributed by atoms with van der Waals surface area (Å²) in [5.74, 6) is -3.92. The summed E-state index contributed by atoms with van der Waals surface area (Å²) >= 11 is 0. The Morgan fingerprint density at radius 3 is 2.60 bits per heavy atom. The Balaban J connectivity index is 2.37. The second-order valence-corrected chi connectivity index (χ2v) is 5.72. The molecule has 1 aromatic rings. The number of halogens is 3. The number of nitrogens with zero attached hydrogens (tertiary/aromatic N) is 1. The van der Waals surface area contributed by atoms with Crippen LogP contribution in [-0.4, -0.2) is 30.8 Å². The lowest BCUT2D eigenvalue weighted by Crippen LogP contribution is -2.40. The fourth-order valence-electron chi connectivity index (χ4n) is 2.89. The quantitative estimate of drug-likeness (QED) is 0.474. The van der Waals surface area contributed by atoms with E-state index in [1.165, 1.54) is 19.1 Å². The number of ether oxygens (including phenoxy) is 1. The average Bonchev–Trinajstić information content (AvgIpc) is 2.67. The molecule has 5 nitrogen and oxygen atoms in total. The molecule has 0 aliphatic carbocycles. The molecular formula is C17H18F3NO4. The molecule has 1 amide bonds. The number of carbonyl (C=O) groups is 3. The minimum Gasteiger partial charge on any atom is -0.465 e. The average molecular weight is 357 g/mol. The number of amides is 1. The second-order valence-electron chi connectivity index (χ2n) is 5.72. The molecule has 1 heterocycles. The summed E-state index contributed by atoms with van der Waals surface area (Å²) in [4.78, 5) is 37.6. The molecule has 1 aliphatic rings. The van der Waals surface area contributed by atoms with Gasteiger partial charge >= 0.3 is 12.1 Å². The van der Waals surface area contributed by atoms with E-state index in [1.54, 1.807) is 6.92 Å². The van der Waals surface area contributed by atoms with Crippen LogP contribution in [0.1, 0.15) is 30.9 Å². The number of Topliss-reactive ketones (excluding diaryl/α,β-unsaturated/α-hetero) is 1. The smallest absolute Gasteiger partial charge is 0.416 e. The van der Waals surface area contributed by atoms with Crippen LogP contribution in [0.2, 0.25) is 0 Å². The monoisotopic (exact) mass is 357 g/mol. The van der Waals surface area contributed by atoms with Crippen LogP contribution in [0.5, 0.6) is 0 Å². The molecule has 25 heavy (non-hydrogen) atoms. The van der Waals surface area contributed by atoms with E-state index < -0.39 is 35.3 Å². The van der Waals surface area contributed by atoms with Gasteiger partial charge in [-0.1, -0.05) is 6.07 Å². The zero-order chi connectivity index (χ0) is 18.8. The van der Waals surface area contributed by atoms with E-state index in [0.717, 1.165) is 11.0 Å². The molecule has 1 fully saturated rings. The third kappa shape index (κ3) is 3.83. The van der Waals surface area contributed by atoms with E-state index in [1.807, 2.05) is 0 Å². The van der Waals surface area contributed by atoms with Gasteiger partial charge in [-0.15, -0.1) is 0 Å². The number of alkyl halides is 3. The van der Waals surface area contributed by atoms with Crippen molar-refractivity contribution in [1.82, 2.24) is 0 Å². The van der Waals surface area contributed by atoms with Gasteiger partial charge in [0.2, 0.25) is 5.78 Å². The van der Waals surface area contributed by atoms with Crippen LogP contribution in [0, 0.1) is 12.8 Å². The van der Waals surface area contributed by atoms with Crippen LogP contribution in [0.25, 0.3) is 0 Å². The highest BCUT2D eigenvalue weighted by atomic mass is 19.4. The largest absolute Gasteiger partial charge is 0.465 e. The lowest BCUT2D eigenvalue weighted by atomic mass is 9.99. The van der Waals surface area contributed by atoms with Gasteiger partial charge in [0.1, 0.15) is 5.92 Å². The van der Waals surface area contributed by atoms with Crippen molar-refractivity contribution in [3.63, 3.8) is 0 Å². The van der Waals surface area contributed by atoms with Gasteiger partial charge in [0.25, 0.3) is 5.91 Å². The van der Waals surface area contributed by atoms with Crippen LogP contribution in [0.4, 0.5) is 18.9 Å². The third-order valence-corrected chi connectivity index (χ3v) is 4.12. The standard InChI is InChI=1S/C17H18F3NO4/c1-3-25-16(24)11-6-5-9-21(15(23)14(11)22)13-8-4-7-12(10(13)2)17(18,19)20/h4,7-8,11H,3,5-6,9H2,1-2H3. The molecule has 0 bridgehead atoms. The van der Waals surface area contributed by atoms with Gasteiger partial charge in [0.15, 0.2) is 0 Å². The molecule has 0 saturated carbocycles. The number of esters is 1. The van der Waals surface area contributed by atoms with Gasteiger partial charge in [0.05, 0.1) is 12.2 Å². The van der Waals surface area contributed by atoms with Crippen molar-refractivity contribution in [2.45, 2.75) is 32.9 Å². The van der Waals surface area contributed by atoms with Gasteiger partial charge in [-0.25, -0.2) is 0 Å². The molecule has 136 valence electrons. The number of anilines is 1. The molecule has 1 saturated heterocycles. The summed E-state index contributed by atoms with van der Waals surface area (Å²) in [6, 6.07) is 3.47. The molecule has 1 unspecified atom stereocenters. The second kappa shape index (κ2) is 7.25. The molecule has 1 aliphatic heterocycles. The molecule has 0 radical (unpaired) electrons. The van der Waals surface area contributed by atoms with Gasteiger partial charge < -0.3 is 9.64 Å². The highest BCUT2D eigenvalue weighted by Gasteiger charge is 2.40.